The lowest BCUT2D eigenvalue weighted by molar-refractivity contribution is -0.141. The third-order valence-electron chi connectivity index (χ3n) is 6.17. The number of carbonyl (C=O) groups is 2. The monoisotopic (exact) mass is 603 g/mol. The van der Waals surface area contributed by atoms with Gasteiger partial charge in [0, 0.05) is 22.1 Å². The number of hydrogen-bond donors (Lipinski definition) is 1. The van der Waals surface area contributed by atoms with E-state index >= 15 is 0 Å². The van der Waals surface area contributed by atoms with Crippen LogP contribution in [0.15, 0.2) is 77.7 Å². The highest BCUT2D eigenvalue weighted by Crippen LogP contribution is 2.28. The van der Waals surface area contributed by atoms with Gasteiger partial charge < -0.3 is 10.2 Å². The summed E-state index contributed by atoms with van der Waals surface area (Å²) in [5.74, 6) is -0.905. The Hall–Kier alpha value is -3.07. The van der Waals surface area contributed by atoms with E-state index in [9.17, 15) is 18.0 Å². The summed E-state index contributed by atoms with van der Waals surface area (Å²) in [4.78, 5) is 28.9. The van der Waals surface area contributed by atoms with Crippen molar-refractivity contribution in [1.82, 2.24) is 10.2 Å². The summed E-state index contributed by atoms with van der Waals surface area (Å²) in [6, 6.07) is 18.9. The molecule has 0 spiro atoms. The molecular weight excluding hydrogens is 569 g/mol. The number of nitrogens with one attached hydrogen (secondary N) is 1. The fraction of sp³-hybridized carbons (Fsp3) is 0.333. The van der Waals surface area contributed by atoms with Crippen LogP contribution < -0.4 is 9.62 Å². The first-order valence-corrected chi connectivity index (χ1v) is 15.1. The minimum absolute atomic E-state index is 0.0164. The van der Waals surface area contributed by atoms with E-state index in [1.807, 2.05) is 27.7 Å². The molecule has 1 unspecified atom stereocenters. The van der Waals surface area contributed by atoms with Gasteiger partial charge in [-0.2, -0.15) is 0 Å². The number of aryl methyl sites for hydroxylation is 1. The first kappa shape index (κ1) is 31.5. The summed E-state index contributed by atoms with van der Waals surface area (Å²) in [5.41, 5.74) is 1.22. The van der Waals surface area contributed by atoms with Gasteiger partial charge in [0.2, 0.25) is 11.8 Å². The van der Waals surface area contributed by atoms with Crippen LogP contribution in [0.2, 0.25) is 10.0 Å². The average molecular weight is 605 g/mol. The van der Waals surface area contributed by atoms with Gasteiger partial charge in [-0.15, -0.1) is 0 Å². The van der Waals surface area contributed by atoms with Crippen molar-refractivity contribution in [2.45, 2.75) is 64.1 Å². The van der Waals surface area contributed by atoms with Gasteiger partial charge >= 0.3 is 0 Å². The Balaban J connectivity index is 2.09. The van der Waals surface area contributed by atoms with Crippen molar-refractivity contribution in [3.8, 4) is 0 Å². The van der Waals surface area contributed by atoms with E-state index < -0.39 is 34.1 Å². The van der Waals surface area contributed by atoms with Crippen LogP contribution in [-0.2, 0) is 26.2 Å². The topological polar surface area (TPSA) is 86.8 Å². The van der Waals surface area contributed by atoms with Crippen LogP contribution in [0.3, 0.4) is 0 Å². The molecule has 0 aliphatic heterocycles. The number of carbonyl (C=O) groups excluding carboxylic acids is 2. The molecule has 0 aromatic heterocycles. The smallest absolute Gasteiger partial charge is 0.264 e. The number of sulfonamides is 1. The van der Waals surface area contributed by atoms with E-state index in [-0.39, 0.29) is 23.0 Å². The molecule has 0 aliphatic carbocycles. The predicted octanol–water partition coefficient (Wildman–Crippen LogP) is 6.22. The van der Waals surface area contributed by atoms with E-state index in [1.165, 1.54) is 23.1 Å². The lowest BCUT2D eigenvalue weighted by Gasteiger charge is -2.35. The second-order valence-corrected chi connectivity index (χ2v) is 13.3. The van der Waals surface area contributed by atoms with Crippen LogP contribution in [0, 0.1) is 6.92 Å². The van der Waals surface area contributed by atoms with Gasteiger partial charge in [0.05, 0.1) is 10.6 Å². The van der Waals surface area contributed by atoms with E-state index in [4.69, 9.17) is 23.2 Å². The molecular formula is C30H35Cl2N3O4S. The molecule has 3 aromatic carbocycles. The van der Waals surface area contributed by atoms with Gasteiger partial charge in [0.25, 0.3) is 10.0 Å². The van der Waals surface area contributed by atoms with Gasteiger partial charge in [0.1, 0.15) is 12.6 Å². The highest BCUT2D eigenvalue weighted by atomic mass is 35.5. The molecule has 0 fully saturated rings. The second kappa shape index (κ2) is 13.1. The minimum Gasteiger partial charge on any atom is -0.350 e. The van der Waals surface area contributed by atoms with Crippen molar-refractivity contribution in [2.24, 2.45) is 0 Å². The molecule has 0 saturated heterocycles. The quantitative estimate of drug-likeness (QED) is 0.298. The maximum absolute atomic E-state index is 14.1. The molecule has 2 amide bonds. The van der Waals surface area contributed by atoms with Crippen LogP contribution in [-0.4, -0.2) is 43.3 Å². The van der Waals surface area contributed by atoms with Gasteiger partial charge in [-0.3, -0.25) is 13.9 Å². The van der Waals surface area contributed by atoms with Crippen LogP contribution in [0.25, 0.3) is 0 Å². The Morgan fingerprint density at radius 1 is 0.950 bits per heavy atom. The molecule has 40 heavy (non-hydrogen) atoms. The van der Waals surface area contributed by atoms with Crippen molar-refractivity contribution < 1.29 is 18.0 Å². The molecule has 0 heterocycles. The van der Waals surface area contributed by atoms with Crippen LogP contribution >= 0.6 is 23.2 Å². The lowest BCUT2D eigenvalue weighted by Crippen LogP contribution is -2.55. The van der Waals surface area contributed by atoms with E-state index in [2.05, 4.69) is 5.32 Å². The summed E-state index contributed by atoms with van der Waals surface area (Å²) in [5, 5.41) is 3.70. The zero-order valence-corrected chi connectivity index (χ0v) is 25.6. The molecule has 0 aliphatic rings. The molecule has 0 saturated carbocycles. The molecule has 1 N–H and O–H groups in total. The molecule has 1 atom stereocenters. The summed E-state index contributed by atoms with van der Waals surface area (Å²) in [7, 11) is -4.18. The third kappa shape index (κ3) is 7.99. The van der Waals surface area contributed by atoms with Gasteiger partial charge in [-0.25, -0.2) is 8.42 Å². The summed E-state index contributed by atoms with van der Waals surface area (Å²) in [6.07, 6.45) is 0.306. The van der Waals surface area contributed by atoms with Crippen LogP contribution in [0.4, 0.5) is 5.69 Å². The first-order valence-electron chi connectivity index (χ1n) is 12.9. The van der Waals surface area contributed by atoms with Crippen molar-refractivity contribution in [3.63, 3.8) is 0 Å². The molecule has 3 rings (SSSR count). The normalized spacial score (nSPS) is 12.5. The minimum atomic E-state index is -4.18. The second-order valence-electron chi connectivity index (χ2n) is 10.6. The maximum atomic E-state index is 14.1. The number of amides is 2. The molecule has 3 aromatic rings. The summed E-state index contributed by atoms with van der Waals surface area (Å²) < 4.78 is 28.8. The summed E-state index contributed by atoms with van der Waals surface area (Å²) >= 11 is 12.7. The first-order chi connectivity index (χ1) is 18.7. The SMILES string of the molecule is CCC(C(=O)NC(C)(C)C)N(Cc1ccccc1Cl)C(=O)CN(c1cccc(Cl)c1)S(=O)(=O)c1ccc(C)cc1. The van der Waals surface area contributed by atoms with Gasteiger partial charge in [-0.1, -0.05) is 72.1 Å². The Labute approximate surface area is 247 Å². The van der Waals surface area contributed by atoms with Gasteiger partial charge in [-0.05, 0) is 76.1 Å². The summed E-state index contributed by atoms with van der Waals surface area (Å²) in [6.45, 7) is 8.68. The number of rotatable bonds is 10. The zero-order valence-electron chi connectivity index (χ0n) is 23.3. The Kier molecular flexibility index (Phi) is 10.3. The number of anilines is 1. The molecule has 214 valence electrons. The standard InChI is InChI=1S/C30H35Cl2N3O4S/c1-6-27(29(37)33-30(3,4)5)34(19-22-10-7-8-13-26(22)32)28(36)20-35(24-12-9-11-23(31)18-24)40(38,39)25-16-14-21(2)15-17-25/h7-18,27H,6,19-20H2,1-5H3,(H,33,37). The zero-order chi connectivity index (χ0) is 29.7. The molecule has 0 radical (unpaired) electrons. The number of halogens is 2. The fourth-order valence-corrected chi connectivity index (χ4v) is 5.97. The number of hydrogen-bond acceptors (Lipinski definition) is 4. The largest absolute Gasteiger partial charge is 0.350 e. The average Bonchev–Trinajstić information content (AvgIpc) is 2.87. The number of benzene rings is 3. The highest BCUT2D eigenvalue weighted by Gasteiger charge is 2.35. The van der Waals surface area contributed by atoms with Crippen molar-refractivity contribution >= 4 is 50.7 Å². The van der Waals surface area contributed by atoms with Crippen molar-refractivity contribution in [3.05, 3.63) is 94.0 Å². The number of nitrogens with zero attached hydrogens (tertiary/aromatic N) is 2. The third-order valence-corrected chi connectivity index (χ3v) is 8.56. The molecule has 0 bridgehead atoms. The maximum Gasteiger partial charge on any atom is 0.264 e. The van der Waals surface area contributed by atoms with E-state index in [0.29, 0.717) is 22.0 Å². The van der Waals surface area contributed by atoms with Crippen LogP contribution in [0.1, 0.15) is 45.2 Å². The van der Waals surface area contributed by atoms with Gasteiger partial charge in [0.15, 0.2) is 0 Å². The van der Waals surface area contributed by atoms with Crippen LogP contribution in [0.5, 0.6) is 0 Å². The fourth-order valence-electron chi connectivity index (χ4n) is 4.18. The lowest BCUT2D eigenvalue weighted by atomic mass is 10.1. The van der Waals surface area contributed by atoms with Crippen molar-refractivity contribution in [1.29, 1.82) is 0 Å². The molecule has 7 nitrogen and oxygen atoms in total. The Morgan fingerprint density at radius 2 is 1.60 bits per heavy atom. The van der Waals surface area contributed by atoms with E-state index in [0.717, 1.165) is 9.87 Å². The predicted molar refractivity (Wildman–Crippen MR) is 161 cm³/mol. The highest BCUT2D eigenvalue weighted by molar-refractivity contribution is 7.92. The van der Waals surface area contributed by atoms with E-state index in [1.54, 1.807) is 61.5 Å². The van der Waals surface area contributed by atoms with Crippen molar-refractivity contribution in [2.75, 3.05) is 10.8 Å². The Morgan fingerprint density at radius 3 is 2.17 bits per heavy atom. The molecule has 10 heteroatoms. The Bertz CT molecular complexity index is 1450.